The molecule has 0 saturated carbocycles. The van der Waals surface area contributed by atoms with Gasteiger partial charge in [0.1, 0.15) is 0 Å². The Labute approximate surface area is 128 Å². The van der Waals surface area contributed by atoms with Crippen molar-refractivity contribution in [1.82, 2.24) is 10.6 Å². The largest absolute Gasteiger partial charge is 0.380 e. The first-order chi connectivity index (χ1) is 9.75. The number of benzene rings is 1. The predicted octanol–water partition coefficient (Wildman–Crippen LogP) is 2.34. The molecule has 1 aliphatic heterocycles. The van der Waals surface area contributed by atoms with E-state index in [1.54, 1.807) is 0 Å². The molecule has 1 saturated heterocycles. The molecule has 110 valence electrons. The first kappa shape index (κ1) is 15.5. The third-order valence-electron chi connectivity index (χ3n) is 3.34. The van der Waals surface area contributed by atoms with Crippen LogP contribution in [-0.2, 0) is 4.74 Å². The lowest BCUT2D eigenvalue weighted by molar-refractivity contribution is 0.0704. The number of halogens is 1. The minimum atomic E-state index is -0.0153. The number of amides is 1. The van der Waals surface area contributed by atoms with Crippen molar-refractivity contribution in [2.75, 3.05) is 26.3 Å². The van der Waals surface area contributed by atoms with Gasteiger partial charge in [-0.15, -0.1) is 0 Å². The van der Waals surface area contributed by atoms with Gasteiger partial charge in [-0.25, -0.2) is 0 Å². The normalized spacial score (nSPS) is 18.8. The zero-order valence-electron chi connectivity index (χ0n) is 11.5. The summed E-state index contributed by atoms with van der Waals surface area (Å²) in [6.07, 6.45) is 3.25. The number of ether oxygens (including phenoxy) is 1. The van der Waals surface area contributed by atoms with Crippen LogP contribution in [0.5, 0.6) is 0 Å². The second-order valence-electron chi connectivity index (χ2n) is 4.98. The molecule has 1 aromatic carbocycles. The molecule has 0 aliphatic carbocycles. The molecule has 1 aromatic rings. The quantitative estimate of drug-likeness (QED) is 0.781. The molecule has 0 bridgehead atoms. The first-order valence-electron chi connectivity index (χ1n) is 7.10. The summed E-state index contributed by atoms with van der Waals surface area (Å²) in [7, 11) is 0. The Balaban J connectivity index is 1.58. The predicted molar refractivity (Wildman–Crippen MR) is 82.9 cm³/mol. The maximum absolute atomic E-state index is 11.9. The van der Waals surface area contributed by atoms with Gasteiger partial charge < -0.3 is 15.4 Å². The standard InChI is InChI=1S/C15H21BrN2O2/c16-13-6-4-12(5-7-13)15(19)18-9-2-8-17-14-3-1-10-20-11-14/h4-7,14,17H,1-3,8-11H2,(H,18,19). The van der Waals surface area contributed by atoms with Crippen LogP contribution in [0, 0.1) is 0 Å². The van der Waals surface area contributed by atoms with Crippen LogP contribution in [-0.4, -0.2) is 38.3 Å². The van der Waals surface area contributed by atoms with Crippen molar-refractivity contribution in [3.05, 3.63) is 34.3 Å². The lowest BCUT2D eigenvalue weighted by Crippen LogP contribution is -2.38. The molecule has 1 heterocycles. The fraction of sp³-hybridized carbons (Fsp3) is 0.533. The molecule has 1 amide bonds. The molecule has 1 unspecified atom stereocenters. The van der Waals surface area contributed by atoms with Gasteiger partial charge in [0.25, 0.3) is 5.91 Å². The highest BCUT2D eigenvalue weighted by atomic mass is 79.9. The number of carbonyl (C=O) groups excluding carboxylic acids is 1. The van der Waals surface area contributed by atoms with Crippen LogP contribution in [0.3, 0.4) is 0 Å². The molecule has 2 rings (SSSR count). The molecule has 0 aromatic heterocycles. The Kier molecular flexibility index (Phi) is 6.50. The Hall–Kier alpha value is -0.910. The Morgan fingerprint density at radius 3 is 2.80 bits per heavy atom. The number of hydrogen-bond donors (Lipinski definition) is 2. The fourth-order valence-corrected chi connectivity index (χ4v) is 2.47. The highest BCUT2D eigenvalue weighted by Crippen LogP contribution is 2.10. The summed E-state index contributed by atoms with van der Waals surface area (Å²) in [5.74, 6) is -0.0153. The van der Waals surface area contributed by atoms with E-state index in [9.17, 15) is 4.79 Å². The van der Waals surface area contributed by atoms with Gasteiger partial charge in [0.05, 0.1) is 6.61 Å². The van der Waals surface area contributed by atoms with Crippen molar-refractivity contribution in [2.45, 2.75) is 25.3 Å². The van der Waals surface area contributed by atoms with Crippen LogP contribution in [0.25, 0.3) is 0 Å². The van der Waals surface area contributed by atoms with E-state index >= 15 is 0 Å². The van der Waals surface area contributed by atoms with Gasteiger partial charge >= 0.3 is 0 Å². The maximum atomic E-state index is 11.9. The molecule has 2 N–H and O–H groups in total. The Morgan fingerprint density at radius 2 is 2.10 bits per heavy atom. The second kappa shape index (κ2) is 8.39. The molecular formula is C15H21BrN2O2. The molecule has 1 fully saturated rings. The summed E-state index contributed by atoms with van der Waals surface area (Å²) in [6, 6.07) is 7.86. The van der Waals surface area contributed by atoms with E-state index < -0.39 is 0 Å². The monoisotopic (exact) mass is 340 g/mol. The van der Waals surface area contributed by atoms with Crippen molar-refractivity contribution in [2.24, 2.45) is 0 Å². The number of hydrogen-bond acceptors (Lipinski definition) is 3. The topological polar surface area (TPSA) is 50.4 Å². The van der Waals surface area contributed by atoms with E-state index in [1.807, 2.05) is 24.3 Å². The molecule has 0 spiro atoms. The van der Waals surface area contributed by atoms with Crippen molar-refractivity contribution >= 4 is 21.8 Å². The summed E-state index contributed by atoms with van der Waals surface area (Å²) in [4.78, 5) is 11.9. The van der Waals surface area contributed by atoms with Crippen LogP contribution in [0.4, 0.5) is 0 Å². The highest BCUT2D eigenvalue weighted by molar-refractivity contribution is 9.10. The SMILES string of the molecule is O=C(NCCCNC1CCCOC1)c1ccc(Br)cc1. The molecule has 5 heteroatoms. The zero-order valence-corrected chi connectivity index (χ0v) is 13.1. The van der Waals surface area contributed by atoms with E-state index in [0.717, 1.165) is 37.1 Å². The smallest absolute Gasteiger partial charge is 0.251 e. The summed E-state index contributed by atoms with van der Waals surface area (Å²) >= 11 is 3.36. The van der Waals surface area contributed by atoms with Gasteiger partial charge in [0.15, 0.2) is 0 Å². The van der Waals surface area contributed by atoms with Gasteiger partial charge in [-0.2, -0.15) is 0 Å². The van der Waals surface area contributed by atoms with Crippen molar-refractivity contribution in [3.8, 4) is 0 Å². The summed E-state index contributed by atoms with van der Waals surface area (Å²) in [6.45, 7) is 3.30. The van der Waals surface area contributed by atoms with Crippen LogP contribution >= 0.6 is 15.9 Å². The molecule has 0 radical (unpaired) electrons. The third-order valence-corrected chi connectivity index (χ3v) is 3.87. The molecule has 20 heavy (non-hydrogen) atoms. The molecule has 4 nitrogen and oxygen atoms in total. The van der Waals surface area contributed by atoms with E-state index in [1.165, 1.54) is 6.42 Å². The Bertz CT molecular complexity index is 416. The van der Waals surface area contributed by atoms with Crippen molar-refractivity contribution < 1.29 is 9.53 Å². The van der Waals surface area contributed by atoms with Gasteiger partial charge in [0.2, 0.25) is 0 Å². The highest BCUT2D eigenvalue weighted by Gasteiger charge is 2.12. The van der Waals surface area contributed by atoms with E-state index in [4.69, 9.17) is 4.74 Å². The number of carbonyl (C=O) groups is 1. The average Bonchev–Trinajstić information content (AvgIpc) is 2.48. The third kappa shape index (κ3) is 5.23. The maximum Gasteiger partial charge on any atom is 0.251 e. The zero-order chi connectivity index (χ0) is 14.2. The fourth-order valence-electron chi connectivity index (χ4n) is 2.20. The molecular weight excluding hydrogens is 320 g/mol. The number of rotatable bonds is 6. The van der Waals surface area contributed by atoms with Gasteiger partial charge in [0, 0.05) is 29.2 Å². The van der Waals surface area contributed by atoms with Crippen LogP contribution < -0.4 is 10.6 Å². The van der Waals surface area contributed by atoms with E-state index in [2.05, 4.69) is 26.6 Å². The molecule has 1 aliphatic rings. The van der Waals surface area contributed by atoms with Crippen molar-refractivity contribution in [1.29, 1.82) is 0 Å². The number of nitrogens with one attached hydrogen (secondary N) is 2. The van der Waals surface area contributed by atoms with E-state index in [-0.39, 0.29) is 5.91 Å². The lowest BCUT2D eigenvalue weighted by Gasteiger charge is -2.23. The van der Waals surface area contributed by atoms with Crippen LogP contribution in [0.15, 0.2) is 28.7 Å². The minimum Gasteiger partial charge on any atom is -0.380 e. The molecule has 1 atom stereocenters. The lowest BCUT2D eigenvalue weighted by atomic mass is 10.1. The second-order valence-corrected chi connectivity index (χ2v) is 5.90. The van der Waals surface area contributed by atoms with Crippen molar-refractivity contribution in [3.63, 3.8) is 0 Å². The first-order valence-corrected chi connectivity index (χ1v) is 7.90. The minimum absolute atomic E-state index is 0.0153. The van der Waals surface area contributed by atoms with Gasteiger partial charge in [-0.3, -0.25) is 4.79 Å². The summed E-state index contributed by atoms with van der Waals surface area (Å²) in [5.41, 5.74) is 0.696. The van der Waals surface area contributed by atoms with Crippen LogP contribution in [0.2, 0.25) is 0 Å². The van der Waals surface area contributed by atoms with Crippen LogP contribution in [0.1, 0.15) is 29.6 Å². The summed E-state index contributed by atoms with van der Waals surface area (Å²) in [5, 5.41) is 6.39. The Morgan fingerprint density at radius 1 is 1.30 bits per heavy atom. The summed E-state index contributed by atoms with van der Waals surface area (Å²) < 4.78 is 6.39. The van der Waals surface area contributed by atoms with E-state index in [0.29, 0.717) is 18.2 Å². The van der Waals surface area contributed by atoms with Gasteiger partial charge in [-0.1, -0.05) is 15.9 Å². The van der Waals surface area contributed by atoms with Gasteiger partial charge in [-0.05, 0) is 50.1 Å². The average molecular weight is 341 g/mol.